The van der Waals surface area contributed by atoms with E-state index < -0.39 is 6.10 Å². The summed E-state index contributed by atoms with van der Waals surface area (Å²) in [7, 11) is 1.64. The van der Waals surface area contributed by atoms with Gasteiger partial charge in [0.25, 0.3) is 5.91 Å². The van der Waals surface area contributed by atoms with Crippen LogP contribution in [0.2, 0.25) is 0 Å². The lowest BCUT2D eigenvalue weighted by Gasteiger charge is -2.31. The summed E-state index contributed by atoms with van der Waals surface area (Å²) in [6.45, 7) is 3.90. The Hall–Kier alpha value is -2.04. The smallest absolute Gasteiger partial charge is 0.266 e. The summed E-state index contributed by atoms with van der Waals surface area (Å²) in [6.07, 6.45) is 2.22. The minimum Gasteiger partial charge on any atom is -0.497 e. The van der Waals surface area contributed by atoms with Crippen LogP contribution in [0.15, 0.2) is 29.4 Å². The lowest BCUT2D eigenvalue weighted by molar-refractivity contribution is -0.143. The second kappa shape index (κ2) is 6.38. The van der Waals surface area contributed by atoms with Crippen molar-refractivity contribution in [3.8, 4) is 5.75 Å². The van der Waals surface area contributed by atoms with Crippen LogP contribution in [0.4, 0.5) is 0 Å². The summed E-state index contributed by atoms with van der Waals surface area (Å²) < 4.78 is 5.15. The second-order valence-electron chi connectivity index (χ2n) is 6.07. The highest BCUT2D eigenvalue weighted by atomic mass is 16.6. The average molecular weight is 302 g/mol. The number of hydrogen-bond acceptors (Lipinski definition) is 4. The van der Waals surface area contributed by atoms with Crippen molar-refractivity contribution in [3.63, 3.8) is 0 Å². The van der Waals surface area contributed by atoms with Gasteiger partial charge in [0, 0.05) is 19.5 Å². The molecule has 1 saturated heterocycles. The first-order valence-corrected chi connectivity index (χ1v) is 7.83. The van der Waals surface area contributed by atoms with Crippen LogP contribution in [0, 0.1) is 5.92 Å². The third-order valence-electron chi connectivity index (χ3n) is 4.46. The van der Waals surface area contributed by atoms with Gasteiger partial charge in [-0.25, -0.2) is 0 Å². The maximum atomic E-state index is 12.5. The highest BCUT2D eigenvalue weighted by molar-refractivity contribution is 6.04. The molecule has 0 N–H and O–H groups in total. The quantitative estimate of drug-likeness (QED) is 0.862. The maximum Gasteiger partial charge on any atom is 0.266 e. The van der Waals surface area contributed by atoms with Crippen molar-refractivity contribution in [2.45, 2.75) is 32.3 Å². The summed E-state index contributed by atoms with van der Waals surface area (Å²) in [5, 5.41) is 4.10. The fourth-order valence-electron chi connectivity index (χ4n) is 2.90. The molecule has 0 aliphatic carbocycles. The molecule has 5 heteroatoms. The number of benzene rings is 1. The van der Waals surface area contributed by atoms with Gasteiger partial charge < -0.3 is 14.5 Å². The van der Waals surface area contributed by atoms with E-state index in [4.69, 9.17) is 9.57 Å². The Morgan fingerprint density at radius 3 is 2.59 bits per heavy atom. The SMILES string of the molecule is COc1ccc(C2=NO[C@H](C(=O)N3CCC(C)CC3)C2)cc1. The van der Waals surface area contributed by atoms with E-state index in [2.05, 4.69) is 12.1 Å². The standard InChI is InChI=1S/C17H22N2O3/c1-12-7-9-19(10-8-12)17(20)16-11-15(18-22-16)13-3-5-14(21-2)6-4-13/h3-6,12,16H,7-11H2,1-2H3/t16-/m0/s1. The van der Waals surface area contributed by atoms with Gasteiger partial charge in [0.15, 0.2) is 0 Å². The Bertz CT molecular complexity index is 560. The van der Waals surface area contributed by atoms with Crippen LogP contribution in [0.5, 0.6) is 5.75 Å². The molecule has 2 aliphatic rings. The molecule has 0 spiro atoms. The van der Waals surface area contributed by atoms with Gasteiger partial charge in [-0.2, -0.15) is 0 Å². The van der Waals surface area contributed by atoms with Crippen molar-refractivity contribution in [2.75, 3.05) is 20.2 Å². The number of piperidine rings is 1. The van der Waals surface area contributed by atoms with Crippen LogP contribution in [-0.2, 0) is 9.63 Å². The molecule has 1 aromatic rings. The monoisotopic (exact) mass is 302 g/mol. The zero-order valence-electron chi connectivity index (χ0n) is 13.1. The molecule has 22 heavy (non-hydrogen) atoms. The van der Waals surface area contributed by atoms with Crippen LogP contribution in [0.25, 0.3) is 0 Å². The molecule has 0 unspecified atom stereocenters. The summed E-state index contributed by atoms with van der Waals surface area (Å²) >= 11 is 0. The summed E-state index contributed by atoms with van der Waals surface area (Å²) in [5.41, 5.74) is 1.80. The highest BCUT2D eigenvalue weighted by Gasteiger charge is 2.33. The zero-order chi connectivity index (χ0) is 15.5. The molecule has 1 amide bonds. The third-order valence-corrected chi connectivity index (χ3v) is 4.46. The van der Waals surface area contributed by atoms with Crippen LogP contribution >= 0.6 is 0 Å². The molecular weight excluding hydrogens is 280 g/mol. The number of nitrogens with zero attached hydrogens (tertiary/aromatic N) is 2. The van der Waals surface area contributed by atoms with Gasteiger partial charge in [-0.1, -0.05) is 12.1 Å². The zero-order valence-corrected chi connectivity index (χ0v) is 13.1. The predicted octanol–water partition coefficient (Wildman–Crippen LogP) is 2.45. The molecule has 0 radical (unpaired) electrons. The largest absolute Gasteiger partial charge is 0.497 e. The van der Waals surface area contributed by atoms with Crippen molar-refractivity contribution in [1.82, 2.24) is 4.90 Å². The number of amides is 1. The first-order valence-electron chi connectivity index (χ1n) is 7.83. The number of oxime groups is 1. The molecular formula is C17H22N2O3. The minimum absolute atomic E-state index is 0.0687. The molecule has 1 aromatic carbocycles. The van der Waals surface area contributed by atoms with E-state index in [1.54, 1.807) is 7.11 Å². The van der Waals surface area contributed by atoms with E-state index >= 15 is 0 Å². The maximum absolute atomic E-state index is 12.5. The summed E-state index contributed by atoms with van der Waals surface area (Å²) in [5.74, 6) is 1.58. The van der Waals surface area contributed by atoms with Gasteiger partial charge >= 0.3 is 0 Å². The lowest BCUT2D eigenvalue weighted by Crippen LogP contribution is -2.43. The van der Waals surface area contributed by atoms with E-state index in [0.717, 1.165) is 43.0 Å². The Morgan fingerprint density at radius 1 is 1.27 bits per heavy atom. The van der Waals surface area contributed by atoms with E-state index in [0.29, 0.717) is 12.3 Å². The highest BCUT2D eigenvalue weighted by Crippen LogP contribution is 2.23. The summed E-state index contributed by atoms with van der Waals surface area (Å²) in [4.78, 5) is 19.8. The molecule has 2 aliphatic heterocycles. The van der Waals surface area contributed by atoms with Crippen LogP contribution in [-0.4, -0.2) is 42.8 Å². The fourth-order valence-corrected chi connectivity index (χ4v) is 2.90. The Balaban J connectivity index is 1.59. The molecule has 0 saturated carbocycles. The minimum atomic E-state index is -0.467. The van der Waals surface area contributed by atoms with E-state index in [-0.39, 0.29) is 5.91 Å². The number of carbonyl (C=O) groups is 1. The van der Waals surface area contributed by atoms with Gasteiger partial charge in [-0.05, 0) is 48.6 Å². The Labute approximate surface area is 130 Å². The van der Waals surface area contributed by atoms with Crippen molar-refractivity contribution < 1.29 is 14.4 Å². The van der Waals surface area contributed by atoms with E-state index in [1.165, 1.54) is 0 Å². The van der Waals surface area contributed by atoms with Crippen LogP contribution < -0.4 is 4.74 Å². The molecule has 0 aromatic heterocycles. The third kappa shape index (κ3) is 3.08. The van der Waals surface area contributed by atoms with Crippen molar-refractivity contribution in [1.29, 1.82) is 0 Å². The molecule has 1 fully saturated rings. The number of ether oxygens (including phenoxy) is 1. The molecule has 5 nitrogen and oxygen atoms in total. The van der Waals surface area contributed by atoms with Gasteiger partial charge in [-0.15, -0.1) is 0 Å². The number of rotatable bonds is 3. The Morgan fingerprint density at radius 2 is 1.95 bits per heavy atom. The molecule has 2 heterocycles. The predicted molar refractivity (Wildman–Crippen MR) is 84.0 cm³/mol. The number of hydrogen-bond donors (Lipinski definition) is 0. The second-order valence-corrected chi connectivity index (χ2v) is 6.07. The van der Waals surface area contributed by atoms with Gasteiger partial charge in [-0.3, -0.25) is 4.79 Å². The van der Waals surface area contributed by atoms with Gasteiger partial charge in [0.2, 0.25) is 6.10 Å². The fraction of sp³-hybridized carbons (Fsp3) is 0.529. The summed E-state index contributed by atoms with van der Waals surface area (Å²) in [6, 6.07) is 7.66. The first-order chi connectivity index (χ1) is 10.7. The van der Waals surface area contributed by atoms with E-state index in [9.17, 15) is 4.79 Å². The molecule has 3 rings (SSSR count). The molecule has 118 valence electrons. The number of methoxy groups -OCH3 is 1. The van der Waals surface area contributed by atoms with Gasteiger partial charge in [0.05, 0.1) is 12.8 Å². The molecule has 1 atom stereocenters. The topological polar surface area (TPSA) is 51.1 Å². The first kappa shape index (κ1) is 14.9. The lowest BCUT2D eigenvalue weighted by atomic mass is 9.98. The molecule has 0 bridgehead atoms. The van der Waals surface area contributed by atoms with E-state index in [1.807, 2.05) is 29.2 Å². The van der Waals surface area contributed by atoms with Crippen LogP contribution in [0.3, 0.4) is 0 Å². The van der Waals surface area contributed by atoms with Crippen molar-refractivity contribution >= 4 is 11.6 Å². The van der Waals surface area contributed by atoms with Crippen molar-refractivity contribution in [2.24, 2.45) is 11.1 Å². The normalized spacial score (nSPS) is 22.2. The number of likely N-dealkylation sites (tertiary alicyclic amines) is 1. The Kier molecular flexibility index (Phi) is 4.32. The van der Waals surface area contributed by atoms with Crippen molar-refractivity contribution in [3.05, 3.63) is 29.8 Å². The van der Waals surface area contributed by atoms with Crippen LogP contribution in [0.1, 0.15) is 31.7 Å². The number of carbonyl (C=O) groups excluding carboxylic acids is 1. The average Bonchev–Trinajstić information content (AvgIpc) is 3.05. The van der Waals surface area contributed by atoms with Gasteiger partial charge in [0.1, 0.15) is 5.75 Å².